The fraction of sp³-hybridized carbons (Fsp3) is 0.455. The molecule has 0 bridgehead atoms. The Hall–Kier alpha value is -1.22. The van der Waals surface area contributed by atoms with Crippen molar-refractivity contribution in [1.82, 2.24) is 0 Å². The Labute approximate surface area is 85.5 Å². The van der Waals surface area contributed by atoms with Crippen molar-refractivity contribution >= 4 is 11.4 Å². The summed E-state index contributed by atoms with van der Waals surface area (Å²) in [5.41, 5.74) is 7.72. The lowest BCUT2D eigenvalue weighted by Crippen LogP contribution is -2.23. The minimum atomic E-state index is 0.737. The van der Waals surface area contributed by atoms with Crippen molar-refractivity contribution in [3.8, 4) is 0 Å². The molecule has 1 rings (SSSR count). The van der Waals surface area contributed by atoms with E-state index in [4.69, 9.17) is 10.5 Å². The Morgan fingerprint density at radius 2 is 2.07 bits per heavy atom. The number of anilines is 2. The quantitative estimate of drug-likeness (QED) is 0.573. The van der Waals surface area contributed by atoms with E-state index in [1.165, 1.54) is 0 Å². The Bertz CT molecular complexity index is 276. The van der Waals surface area contributed by atoms with Crippen LogP contribution in [0.1, 0.15) is 6.92 Å². The third-order valence-electron chi connectivity index (χ3n) is 2.12. The summed E-state index contributed by atoms with van der Waals surface area (Å²) in [6.45, 7) is 4.36. The van der Waals surface area contributed by atoms with E-state index in [1.54, 1.807) is 0 Å². The molecule has 0 fully saturated rings. The molecule has 14 heavy (non-hydrogen) atoms. The molecule has 2 N–H and O–H groups in total. The zero-order valence-electron chi connectivity index (χ0n) is 8.86. The van der Waals surface area contributed by atoms with E-state index in [0.29, 0.717) is 0 Å². The van der Waals surface area contributed by atoms with Crippen molar-refractivity contribution in [2.45, 2.75) is 6.92 Å². The highest BCUT2D eigenvalue weighted by Crippen LogP contribution is 2.20. The topological polar surface area (TPSA) is 38.5 Å². The molecule has 0 aliphatic carbocycles. The summed E-state index contributed by atoms with van der Waals surface area (Å²) in [6, 6.07) is 7.85. The van der Waals surface area contributed by atoms with Gasteiger partial charge in [0.2, 0.25) is 0 Å². The second-order valence-corrected chi connectivity index (χ2v) is 3.18. The molecule has 0 heterocycles. The smallest absolute Gasteiger partial charge is 0.0641 e. The van der Waals surface area contributed by atoms with Crippen LogP contribution in [0.4, 0.5) is 11.4 Å². The summed E-state index contributed by atoms with van der Waals surface area (Å²) >= 11 is 0. The van der Waals surface area contributed by atoms with Gasteiger partial charge in [-0.25, -0.2) is 0 Å². The van der Waals surface area contributed by atoms with Crippen molar-refractivity contribution in [2.75, 3.05) is 37.4 Å². The molecule has 78 valence electrons. The van der Waals surface area contributed by atoms with Crippen LogP contribution in [0.25, 0.3) is 0 Å². The summed E-state index contributed by atoms with van der Waals surface area (Å²) in [5.74, 6) is 0. The van der Waals surface area contributed by atoms with Crippen LogP contribution in [0.5, 0.6) is 0 Å². The molecule has 0 atom stereocenters. The molecule has 0 amide bonds. The van der Waals surface area contributed by atoms with Gasteiger partial charge in [-0.3, -0.25) is 0 Å². The van der Waals surface area contributed by atoms with Crippen molar-refractivity contribution in [2.24, 2.45) is 0 Å². The maximum absolute atomic E-state index is 5.84. The molecule has 0 unspecified atom stereocenters. The lowest BCUT2D eigenvalue weighted by Gasteiger charge is -2.20. The first-order valence-corrected chi connectivity index (χ1v) is 4.89. The molecular formula is C11H18N2O. The van der Waals surface area contributed by atoms with E-state index in [9.17, 15) is 0 Å². The largest absolute Gasteiger partial charge is 0.397 e. The minimum Gasteiger partial charge on any atom is -0.397 e. The molecule has 0 saturated carbocycles. The van der Waals surface area contributed by atoms with Gasteiger partial charge >= 0.3 is 0 Å². The molecule has 0 saturated heterocycles. The van der Waals surface area contributed by atoms with Gasteiger partial charge in [0.05, 0.1) is 18.0 Å². The van der Waals surface area contributed by atoms with Gasteiger partial charge in [0.1, 0.15) is 0 Å². The molecule has 0 aliphatic rings. The van der Waals surface area contributed by atoms with Gasteiger partial charge in [-0.1, -0.05) is 12.1 Å². The number of likely N-dealkylation sites (N-methyl/N-ethyl adjacent to an activating group) is 1. The SMILES string of the molecule is CCOCCN(C)c1ccccc1N. The van der Waals surface area contributed by atoms with Gasteiger partial charge < -0.3 is 15.4 Å². The number of ether oxygens (including phenoxy) is 1. The first kappa shape index (κ1) is 10.9. The van der Waals surface area contributed by atoms with Crippen molar-refractivity contribution in [3.05, 3.63) is 24.3 Å². The maximum atomic E-state index is 5.84. The van der Waals surface area contributed by atoms with Crippen LogP contribution in [-0.4, -0.2) is 26.8 Å². The fourth-order valence-electron chi connectivity index (χ4n) is 1.30. The number of hydrogen-bond acceptors (Lipinski definition) is 3. The van der Waals surface area contributed by atoms with Gasteiger partial charge in [-0.05, 0) is 19.1 Å². The lowest BCUT2D eigenvalue weighted by atomic mass is 10.2. The number of rotatable bonds is 5. The number of nitrogens with zero attached hydrogens (tertiary/aromatic N) is 1. The summed E-state index contributed by atoms with van der Waals surface area (Å²) in [4.78, 5) is 2.10. The summed E-state index contributed by atoms with van der Waals surface area (Å²) in [6.07, 6.45) is 0. The fourth-order valence-corrected chi connectivity index (χ4v) is 1.30. The molecule has 0 radical (unpaired) electrons. The number of hydrogen-bond donors (Lipinski definition) is 1. The van der Waals surface area contributed by atoms with Gasteiger partial charge in [0.15, 0.2) is 0 Å². The Kier molecular flexibility index (Phi) is 4.26. The van der Waals surface area contributed by atoms with Crippen LogP contribution in [0.15, 0.2) is 24.3 Å². The Balaban J connectivity index is 2.51. The van der Waals surface area contributed by atoms with Gasteiger partial charge in [-0.15, -0.1) is 0 Å². The van der Waals surface area contributed by atoms with Crippen LogP contribution in [-0.2, 0) is 4.74 Å². The summed E-state index contributed by atoms with van der Waals surface area (Å²) < 4.78 is 5.28. The van der Waals surface area contributed by atoms with E-state index in [-0.39, 0.29) is 0 Å². The van der Waals surface area contributed by atoms with Gasteiger partial charge in [0, 0.05) is 20.2 Å². The maximum Gasteiger partial charge on any atom is 0.0641 e. The Morgan fingerprint density at radius 1 is 1.36 bits per heavy atom. The highest BCUT2D eigenvalue weighted by molar-refractivity contribution is 5.66. The zero-order valence-corrected chi connectivity index (χ0v) is 8.86. The standard InChI is InChI=1S/C11H18N2O/c1-3-14-9-8-13(2)11-7-5-4-6-10(11)12/h4-7H,3,8-9,12H2,1-2H3. The van der Waals surface area contributed by atoms with Crippen LogP contribution in [0.2, 0.25) is 0 Å². The van der Waals surface area contributed by atoms with E-state index in [0.717, 1.165) is 31.1 Å². The molecule has 0 aliphatic heterocycles. The predicted molar refractivity (Wildman–Crippen MR) is 60.6 cm³/mol. The highest BCUT2D eigenvalue weighted by Gasteiger charge is 2.02. The predicted octanol–water partition coefficient (Wildman–Crippen LogP) is 1.74. The molecule has 1 aromatic carbocycles. The Morgan fingerprint density at radius 3 is 2.71 bits per heavy atom. The normalized spacial score (nSPS) is 10.1. The van der Waals surface area contributed by atoms with E-state index >= 15 is 0 Å². The van der Waals surface area contributed by atoms with Crippen LogP contribution < -0.4 is 10.6 Å². The van der Waals surface area contributed by atoms with Crippen molar-refractivity contribution in [3.63, 3.8) is 0 Å². The first-order valence-electron chi connectivity index (χ1n) is 4.89. The average Bonchev–Trinajstić information content (AvgIpc) is 2.18. The van der Waals surface area contributed by atoms with Crippen LogP contribution in [0, 0.1) is 0 Å². The number of benzene rings is 1. The summed E-state index contributed by atoms with van der Waals surface area (Å²) in [5, 5.41) is 0. The highest BCUT2D eigenvalue weighted by atomic mass is 16.5. The molecule has 0 aromatic heterocycles. The van der Waals surface area contributed by atoms with Gasteiger partial charge in [-0.2, -0.15) is 0 Å². The van der Waals surface area contributed by atoms with Crippen molar-refractivity contribution in [1.29, 1.82) is 0 Å². The average molecular weight is 194 g/mol. The molecule has 3 nitrogen and oxygen atoms in total. The van der Waals surface area contributed by atoms with Crippen LogP contribution >= 0.6 is 0 Å². The van der Waals surface area contributed by atoms with E-state index < -0.39 is 0 Å². The minimum absolute atomic E-state index is 0.737. The molecular weight excluding hydrogens is 176 g/mol. The lowest BCUT2D eigenvalue weighted by molar-refractivity contribution is 0.154. The molecule has 0 spiro atoms. The first-order chi connectivity index (χ1) is 6.75. The third kappa shape index (κ3) is 2.92. The summed E-state index contributed by atoms with van der Waals surface area (Å²) in [7, 11) is 2.02. The van der Waals surface area contributed by atoms with Crippen LogP contribution in [0.3, 0.4) is 0 Å². The second kappa shape index (κ2) is 5.50. The number of para-hydroxylation sites is 2. The second-order valence-electron chi connectivity index (χ2n) is 3.18. The van der Waals surface area contributed by atoms with E-state index in [2.05, 4.69) is 4.90 Å². The van der Waals surface area contributed by atoms with Gasteiger partial charge in [0.25, 0.3) is 0 Å². The van der Waals surface area contributed by atoms with E-state index in [1.807, 2.05) is 38.2 Å². The molecule has 3 heteroatoms. The third-order valence-corrected chi connectivity index (χ3v) is 2.12. The number of nitrogens with two attached hydrogens (primary N) is 1. The monoisotopic (exact) mass is 194 g/mol. The zero-order chi connectivity index (χ0) is 10.4. The van der Waals surface area contributed by atoms with Crippen molar-refractivity contribution < 1.29 is 4.74 Å². The molecule has 1 aromatic rings. The number of nitrogen functional groups attached to an aromatic ring is 1.